The molecule has 15 heavy (non-hydrogen) atoms. The molecule has 0 spiro atoms. The minimum absolute atomic E-state index is 0.133. The van der Waals surface area contributed by atoms with Crippen LogP contribution in [0.2, 0.25) is 0 Å². The SMILES string of the molecule is CCN(C(=O)C1(C)CCCS1)C1CNC1. The molecule has 0 bridgehead atoms. The summed E-state index contributed by atoms with van der Waals surface area (Å²) in [6.45, 7) is 6.99. The third kappa shape index (κ3) is 2.02. The minimum Gasteiger partial charge on any atom is -0.336 e. The molecule has 2 heterocycles. The Morgan fingerprint density at radius 1 is 1.60 bits per heavy atom. The molecule has 1 amide bonds. The molecule has 86 valence electrons. The van der Waals surface area contributed by atoms with Crippen LogP contribution in [-0.2, 0) is 4.79 Å². The summed E-state index contributed by atoms with van der Waals surface area (Å²) < 4.78 is -0.133. The number of hydrogen-bond acceptors (Lipinski definition) is 3. The van der Waals surface area contributed by atoms with E-state index in [-0.39, 0.29) is 4.75 Å². The van der Waals surface area contributed by atoms with Crippen LogP contribution in [0.15, 0.2) is 0 Å². The zero-order valence-electron chi connectivity index (χ0n) is 9.58. The molecule has 2 saturated heterocycles. The first-order chi connectivity index (χ1) is 7.17. The maximum atomic E-state index is 12.4. The summed E-state index contributed by atoms with van der Waals surface area (Å²) in [6, 6.07) is 0.445. The first-order valence-electron chi connectivity index (χ1n) is 5.83. The van der Waals surface area contributed by atoms with Crippen molar-refractivity contribution >= 4 is 17.7 Å². The van der Waals surface area contributed by atoms with Crippen LogP contribution >= 0.6 is 11.8 Å². The predicted molar refractivity (Wildman–Crippen MR) is 64.1 cm³/mol. The van der Waals surface area contributed by atoms with Crippen molar-refractivity contribution in [1.82, 2.24) is 10.2 Å². The molecule has 2 aliphatic rings. The number of amides is 1. The van der Waals surface area contributed by atoms with Gasteiger partial charge < -0.3 is 10.2 Å². The molecular weight excluding hydrogens is 208 g/mol. The fourth-order valence-electron chi connectivity index (χ4n) is 2.31. The molecule has 0 aromatic carbocycles. The van der Waals surface area contributed by atoms with Gasteiger partial charge >= 0.3 is 0 Å². The molecule has 1 atom stereocenters. The van der Waals surface area contributed by atoms with Crippen LogP contribution in [0.25, 0.3) is 0 Å². The molecule has 0 aliphatic carbocycles. The molecule has 0 radical (unpaired) electrons. The molecule has 2 rings (SSSR count). The van der Waals surface area contributed by atoms with Gasteiger partial charge in [-0.25, -0.2) is 0 Å². The summed E-state index contributed by atoms with van der Waals surface area (Å²) in [7, 11) is 0. The van der Waals surface area contributed by atoms with Gasteiger partial charge in [-0.05, 0) is 32.4 Å². The number of rotatable bonds is 3. The topological polar surface area (TPSA) is 32.3 Å². The number of nitrogens with zero attached hydrogens (tertiary/aromatic N) is 1. The molecule has 0 saturated carbocycles. The Hall–Kier alpha value is -0.220. The van der Waals surface area contributed by atoms with E-state index < -0.39 is 0 Å². The zero-order valence-corrected chi connectivity index (χ0v) is 10.4. The molecular formula is C11H20N2OS. The number of thioether (sulfide) groups is 1. The average Bonchev–Trinajstić information content (AvgIpc) is 2.58. The third-order valence-corrected chi connectivity index (χ3v) is 4.98. The van der Waals surface area contributed by atoms with Gasteiger partial charge in [0.05, 0.1) is 10.8 Å². The molecule has 0 aromatic heterocycles. The van der Waals surface area contributed by atoms with E-state index in [0.717, 1.165) is 31.8 Å². The number of likely N-dealkylation sites (N-methyl/N-ethyl adjacent to an activating group) is 1. The van der Waals surface area contributed by atoms with Crippen LogP contribution in [0.5, 0.6) is 0 Å². The molecule has 2 aliphatic heterocycles. The Labute approximate surface area is 96.0 Å². The van der Waals surface area contributed by atoms with E-state index in [4.69, 9.17) is 0 Å². The van der Waals surface area contributed by atoms with Crippen LogP contribution in [-0.4, -0.2) is 47.0 Å². The quantitative estimate of drug-likeness (QED) is 0.785. The molecule has 0 aromatic rings. The highest BCUT2D eigenvalue weighted by Gasteiger charge is 2.42. The minimum atomic E-state index is -0.133. The van der Waals surface area contributed by atoms with E-state index in [1.807, 2.05) is 11.8 Å². The predicted octanol–water partition coefficient (Wildman–Crippen LogP) is 1.09. The molecule has 1 unspecified atom stereocenters. The zero-order chi connectivity index (χ0) is 10.9. The lowest BCUT2D eigenvalue weighted by molar-refractivity contribution is -0.136. The van der Waals surface area contributed by atoms with E-state index in [2.05, 4.69) is 24.1 Å². The van der Waals surface area contributed by atoms with Crippen LogP contribution in [0.3, 0.4) is 0 Å². The van der Waals surface area contributed by atoms with E-state index in [1.165, 1.54) is 6.42 Å². The Morgan fingerprint density at radius 2 is 2.33 bits per heavy atom. The monoisotopic (exact) mass is 228 g/mol. The third-order valence-electron chi connectivity index (χ3n) is 3.47. The lowest BCUT2D eigenvalue weighted by Gasteiger charge is -2.41. The first kappa shape index (κ1) is 11.3. The molecule has 1 N–H and O–H groups in total. The summed E-state index contributed by atoms with van der Waals surface area (Å²) >= 11 is 1.84. The summed E-state index contributed by atoms with van der Waals surface area (Å²) in [5, 5.41) is 3.23. The summed E-state index contributed by atoms with van der Waals surface area (Å²) in [5.74, 6) is 1.50. The standard InChI is InChI=1S/C11H20N2OS/c1-3-13(9-7-12-8-9)10(14)11(2)5-4-6-15-11/h9,12H,3-8H2,1-2H3. The number of carbonyl (C=O) groups excluding carboxylic acids is 1. The Kier molecular flexibility index (Phi) is 3.26. The highest BCUT2D eigenvalue weighted by molar-refractivity contribution is 8.01. The van der Waals surface area contributed by atoms with Crippen molar-refractivity contribution < 1.29 is 4.79 Å². The lowest BCUT2D eigenvalue weighted by Crippen LogP contribution is -2.61. The van der Waals surface area contributed by atoms with Gasteiger partial charge in [0.1, 0.15) is 0 Å². The van der Waals surface area contributed by atoms with Gasteiger partial charge in [-0.3, -0.25) is 4.79 Å². The van der Waals surface area contributed by atoms with Gasteiger partial charge in [0.2, 0.25) is 5.91 Å². The van der Waals surface area contributed by atoms with Gasteiger partial charge in [0, 0.05) is 19.6 Å². The highest BCUT2D eigenvalue weighted by Crippen LogP contribution is 2.39. The van der Waals surface area contributed by atoms with Crippen molar-refractivity contribution in [2.75, 3.05) is 25.4 Å². The van der Waals surface area contributed by atoms with Crippen molar-refractivity contribution in [2.45, 2.75) is 37.5 Å². The Bertz CT molecular complexity index is 247. The maximum absolute atomic E-state index is 12.4. The van der Waals surface area contributed by atoms with E-state index >= 15 is 0 Å². The van der Waals surface area contributed by atoms with E-state index in [9.17, 15) is 4.79 Å². The average molecular weight is 228 g/mol. The molecule has 4 heteroatoms. The van der Waals surface area contributed by atoms with Crippen molar-refractivity contribution in [1.29, 1.82) is 0 Å². The number of nitrogens with one attached hydrogen (secondary N) is 1. The van der Waals surface area contributed by atoms with E-state index in [1.54, 1.807) is 0 Å². The first-order valence-corrected chi connectivity index (χ1v) is 6.81. The normalized spacial score (nSPS) is 31.3. The van der Waals surface area contributed by atoms with Crippen molar-refractivity contribution in [3.63, 3.8) is 0 Å². The highest BCUT2D eigenvalue weighted by atomic mass is 32.2. The van der Waals surface area contributed by atoms with Gasteiger partial charge in [-0.1, -0.05) is 0 Å². The fraction of sp³-hybridized carbons (Fsp3) is 0.909. The van der Waals surface area contributed by atoms with Gasteiger partial charge in [-0.2, -0.15) is 0 Å². The second-order valence-electron chi connectivity index (χ2n) is 4.59. The fourth-order valence-corrected chi connectivity index (χ4v) is 3.58. The number of hydrogen-bond donors (Lipinski definition) is 1. The largest absolute Gasteiger partial charge is 0.336 e. The Balaban J connectivity index is 2.03. The van der Waals surface area contributed by atoms with Gasteiger partial charge in [0.25, 0.3) is 0 Å². The van der Waals surface area contributed by atoms with Crippen LogP contribution in [0.1, 0.15) is 26.7 Å². The lowest BCUT2D eigenvalue weighted by atomic mass is 10.0. The van der Waals surface area contributed by atoms with E-state index in [0.29, 0.717) is 11.9 Å². The Morgan fingerprint density at radius 3 is 2.73 bits per heavy atom. The number of carbonyl (C=O) groups is 1. The van der Waals surface area contributed by atoms with Crippen LogP contribution in [0, 0.1) is 0 Å². The van der Waals surface area contributed by atoms with Crippen molar-refractivity contribution in [3.05, 3.63) is 0 Å². The van der Waals surface area contributed by atoms with Crippen LogP contribution in [0.4, 0.5) is 0 Å². The summed E-state index contributed by atoms with van der Waals surface area (Å²) in [5.41, 5.74) is 0. The molecule has 2 fully saturated rings. The smallest absolute Gasteiger partial charge is 0.238 e. The van der Waals surface area contributed by atoms with Crippen LogP contribution < -0.4 is 5.32 Å². The second kappa shape index (κ2) is 4.34. The summed E-state index contributed by atoms with van der Waals surface area (Å²) in [4.78, 5) is 14.5. The second-order valence-corrected chi connectivity index (χ2v) is 6.18. The molecule has 3 nitrogen and oxygen atoms in total. The van der Waals surface area contributed by atoms with Crippen molar-refractivity contribution in [3.8, 4) is 0 Å². The van der Waals surface area contributed by atoms with Gasteiger partial charge in [0.15, 0.2) is 0 Å². The maximum Gasteiger partial charge on any atom is 0.238 e. The summed E-state index contributed by atoms with van der Waals surface area (Å²) in [6.07, 6.45) is 2.24. The van der Waals surface area contributed by atoms with Crippen molar-refractivity contribution in [2.24, 2.45) is 0 Å². The van der Waals surface area contributed by atoms with Gasteiger partial charge in [-0.15, -0.1) is 11.8 Å².